The van der Waals surface area contributed by atoms with Gasteiger partial charge < -0.3 is 9.84 Å². The van der Waals surface area contributed by atoms with Gasteiger partial charge in [0, 0.05) is 12.8 Å². The van der Waals surface area contributed by atoms with Gasteiger partial charge in [-0.25, -0.2) is 0 Å². The monoisotopic (exact) mass is 238 g/mol. The molecule has 0 unspecified atom stereocenters. The van der Waals surface area contributed by atoms with Crippen LogP contribution in [0, 0.1) is 0 Å². The SMILES string of the molecule is CCOC(=O)CCCCCCC(=O)O.Cl. The smallest absolute Gasteiger partial charge is 0.305 e. The van der Waals surface area contributed by atoms with E-state index in [9.17, 15) is 9.59 Å². The van der Waals surface area contributed by atoms with Gasteiger partial charge in [-0.05, 0) is 19.8 Å². The Morgan fingerprint density at radius 1 is 1.07 bits per heavy atom. The molecule has 0 aliphatic carbocycles. The average molecular weight is 239 g/mol. The van der Waals surface area contributed by atoms with E-state index < -0.39 is 5.97 Å². The lowest BCUT2D eigenvalue weighted by molar-refractivity contribution is -0.143. The van der Waals surface area contributed by atoms with Crippen molar-refractivity contribution in [1.29, 1.82) is 0 Å². The van der Waals surface area contributed by atoms with Crippen molar-refractivity contribution >= 4 is 24.3 Å². The molecule has 0 aliphatic rings. The predicted molar refractivity (Wildman–Crippen MR) is 59.2 cm³/mol. The zero-order valence-corrected chi connectivity index (χ0v) is 9.85. The van der Waals surface area contributed by atoms with Crippen LogP contribution in [0.1, 0.15) is 45.4 Å². The third-order valence-electron chi connectivity index (χ3n) is 1.83. The second-order valence-corrected chi connectivity index (χ2v) is 3.11. The quantitative estimate of drug-likeness (QED) is 0.521. The number of halogens is 1. The van der Waals surface area contributed by atoms with Gasteiger partial charge in [0.25, 0.3) is 0 Å². The van der Waals surface area contributed by atoms with E-state index in [0.717, 1.165) is 19.3 Å². The summed E-state index contributed by atoms with van der Waals surface area (Å²) in [5.41, 5.74) is 0. The molecule has 0 bridgehead atoms. The number of hydrogen-bond donors (Lipinski definition) is 1. The summed E-state index contributed by atoms with van der Waals surface area (Å²) >= 11 is 0. The molecule has 0 rings (SSSR count). The Morgan fingerprint density at radius 3 is 2.07 bits per heavy atom. The average Bonchev–Trinajstić information content (AvgIpc) is 2.11. The van der Waals surface area contributed by atoms with Crippen LogP contribution >= 0.6 is 12.4 Å². The van der Waals surface area contributed by atoms with Gasteiger partial charge >= 0.3 is 11.9 Å². The molecule has 0 amide bonds. The van der Waals surface area contributed by atoms with E-state index in [2.05, 4.69) is 0 Å². The Kier molecular flexibility index (Phi) is 12.6. The molecular formula is C10H19ClO4. The third-order valence-corrected chi connectivity index (χ3v) is 1.83. The predicted octanol–water partition coefficient (Wildman–Crippen LogP) is 2.40. The van der Waals surface area contributed by atoms with E-state index in [0.29, 0.717) is 19.4 Å². The summed E-state index contributed by atoms with van der Waals surface area (Å²) in [6.45, 7) is 2.21. The lowest BCUT2D eigenvalue weighted by Crippen LogP contribution is -2.03. The molecule has 0 fully saturated rings. The summed E-state index contributed by atoms with van der Waals surface area (Å²) in [6.07, 6.45) is 3.91. The first-order valence-electron chi connectivity index (χ1n) is 5.04. The normalized spacial score (nSPS) is 9.13. The number of carbonyl (C=O) groups is 2. The van der Waals surface area contributed by atoms with Crippen molar-refractivity contribution in [2.24, 2.45) is 0 Å². The van der Waals surface area contributed by atoms with Crippen LogP contribution in [-0.2, 0) is 14.3 Å². The minimum Gasteiger partial charge on any atom is -0.481 e. The van der Waals surface area contributed by atoms with Gasteiger partial charge in [-0.2, -0.15) is 0 Å². The molecule has 0 radical (unpaired) electrons. The van der Waals surface area contributed by atoms with Crippen molar-refractivity contribution in [1.82, 2.24) is 0 Å². The molecule has 0 saturated heterocycles. The van der Waals surface area contributed by atoms with E-state index in [1.54, 1.807) is 6.92 Å². The largest absolute Gasteiger partial charge is 0.481 e. The standard InChI is InChI=1S/C10H18O4.ClH/c1-2-14-10(13)8-6-4-3-5-7-9(11)12;/h2-8H2,1H3,(H,11,12);1H. The van der Waals surface area contributed by atoms with Crippen molar-refractivity contribution in [3.63, 3.8) is 0 Å². The van der Waals surface area contributed by atoms with Crippen LogP contribution in [0.4, 0.5) is 0 Å². The van der Waals surface area contributed by atoms with Crippen LogP contribution in [0.3, 0.4) is 0 Å². The summed E-state index contributed by atoms with van der Waals surface area (Å²) < 4.78 is 4.75. The molecule has 0 aromatic rings. The number of carbonyl (C=O) groups excluding carboxylic acids is 1. The van der Waals surface area contributed by atoms with Gasteiger partial charge in [0.1, 0.15) is 0 Å². The Labute approximate surface area is 96.4 Å². The number of carboxylic acids is 1. The fourth-order valence-electron chi connectivity index (χ4n) is 1.13. The van der Waals surface area contributed by atoms with E-state index >= 15 is 0 Å². The summed E-state index contributed by atoms with van der Waals surface area (Å²) in [5, 5.41) is 8.35. The van der Waals surface area contributed by atoms with Crippen LogP contribution < -0.4 is 0 Å². The van der Waals surface area contributed by atoms with Crippen molar-refractivity contribution in [2.45, 2.75) is 45.4 Å². The number of esters is 1. The number of aliphatic carboxylic acids is 1. The highest BCUT2D eigenvalue weighted by atomic mass is 35.5. The van der Waals surface area contributed by atoms with Crippen molar-refractivity contribution in [3.8, 4) is 0 Å². The Balaban J connectivity index is 0. The number of ether oxygens (including phenoxy) is 1. The Bertz CT molecular complexity index is 182. The van der Waals surface area contributed by atoms with E-state index in [-0.39, 0.29) is 24.8 Å². The van der Waals surface area contributed by atoms with Gasteiger partial charge in [0.05, 0.1) is 6.61 Å². The van der Waals surface area contributed by atoms with Gasteiger partial charge in [0.15, 0.2) is 0 Å². The zero-order valence-electron chi connectivity index (χ0n) is 9.03. The minimum absolute atomic E-state index is 0. The molecule has 90 valence electrons. The van der Waals surface area contributed by atoms with Crippen molar-refractivity contribution in [2.75, 3.05) is 6.61 Å². The summed E-state index contributed by atoms with van der Waals surface area (Å²) in [7, 11) is 0. The molecule has 0 saturated carbocycles. The molecule has 15 heavy (non-hydrogen) atoms. The fraction of sp³-hybridized carbons (Fsp3) is 0.800. The van der Waals surface area contributed by atoms with E-state index in [1.807, 2.05) is 0 Å². The molecule has 0 aliphatic heterocycles. The number of unbranched alkanes of at least 4 members (excludes halogenated alkanes) is 3. The van der Waals surface area contributed by atoms with Crippen molar-refractivity contribution < 1.29 is 19.4 Å². The molecule has 0 heterocycles. The maximum absolute atomic E-state index is 10.9. The fourth-order valence-corrected chi connectivity index (χ4v) is 1.13. The van der Waals surface area contributed by atoms with Gasteiger partial charge in [-0.15, -0.1) is 12.4 Å². The molecular weight excluding hydrogens is 220 g/mol. The number of hydrogen-bond acceptors (Lipinski definition) is 3. The van der Waals surface area contributed by atoms with Gasteiger partial charge in [0.2, 0.25) is 0 Å². The summed E-state index contributed by atoms with van der Waals surface area (Å²) in [4.78, 5) is 21.0. The third kappa shape index (κ3) is 13.2. The maximum atomic E-state index is 10.9. The van der Waals surface area contributed by atoms with Crippen LogP contribution in [0.5, 0.6) is 0 Å². The van der Waals surface area contributed by atoms with Crippen LogP contribution in [0.15, 0.2) is 0 Å². The molecule has 4 nitrogen and oxygen atoms in total. The Morgan fingerprint density at radius 2 is 1.60 bits per heavy atom. The first kappa shape index (κ1) is 16.7. The molecule has 5 heteroatoms. The second kappa shape index (κ2) is 11.3. The number of carboxylic acid groups (broad SMARTS) is 1. The highest BCUT2D eigenvalue weighted by Crippen LogP contribution is 2.05. The van der Waals surface area contributed by atoms with Crippen LogP contribution in [0.25, 0.3) is 0 Å². The molecule has 0 aromatic carbocycles. The molecule has 0 atom stereocenters. The van der Waals surface area contributed by atoms with E-state index in [4.69, 9.17) is 9.84 Å². The zero-order chi connectivity index (χ0) is 10.8. The Hall–Kier alpha value is -0.770. The maximum Gasteiger partial charge on any atom is 0.305 e. The highest BCUT2D eigenvalue weighted by molar-refractivity contribution is 5.85. The minimum atomic E-state index is -0.754. The molecule has 0 aromatic heterocycles. The topological polar surface area (TPSA) is 63.6 Å². The van der Waals surface area contributed by atoms with Crippen LogP contribution in [0.2, 0.25) is 0 Å². The second-order valence-electron chi connectivity index (χ2n) is 3.11. The van der Waals surface area contributed by atoms with Crippen LogP contribution in [-0.4, -0.2) is 23.7 Å². The summed E-state index contributed by atoms with van der Waals surface area (Å²) in [6, 6.07) is 0. The highest BCUT2D eigenvalue weighted by Gasteiger charge is 2.01. The molecule has 1 N–H and O–H groups in total. The first-order chi connectivity index (χ1) is 6.66. The van der Waals surface area contributed by atoms with Gasteiger partial charge in [-0.3, -0.25) is 9.59 Å². The lowest BCUT2D eigenvalue weighted by Gasteiger charge is -2.01. The first-order valence-corrected chi connectivity index (χ1v) is 5.04. The molecule has 0 spiro atoms. The van der Waals surface area contributed by atoms with Crippen molar-refractivity contribution in [3.05, 3.63) is 0 Å². The summed E-state index contributed by atoms with van der Waals surface area (Å²) in [5.74, 6) is -0.916. The number of rotatable bonds is 8. The lowest BCUT2D eigenvalue weighted by atomic mass is 10.1. The van der Waals surface area contributed by atoms with E-state index in [1.165, 1.54) is 0 Å². The van der Waals surface area contributed by atoms with Gasteiger partial charge in [-0.1, -0.05) is 12.8 Å².